The lowest BCUT2D eigenvalue weighted by Crippen LogP contribution is -2.02. The van der Waals surface area contributed by atoms with Gasteiger partial charge in [0.15, 0.2) is 0 Å². The zero-order valence-corrected chi connectivity index (χ0v) is 14.5. The molecule has 0 aliphatic carbocycles. The number of hydrogen-bond acceptors (Lipinski definition) is 2. The molecule has 1 aliphatic rings. The number of nitrogens with one attached hydrogen (secondary N) is 1. The fraction of sp³-hybridized carbons (Fsp3) is 0.200. The van der Waals surface area contributed by atoms with Gasteiger partial charge in [-0.25, -0.2) is 0 Å². The van der Waals surface area contributed by atoms with Gasteiger partial charge in [-0.05, 0) is 51.8 Å². The van der Waals surface area contributed by atoms with Crippen molar-refractivity contribution in [2.45, 2.75) is 13.0 Å². The first-order valence-corrected chi connectivity index (χ1v) is 8.23. The molecular formula is C15H12Br2ClNO. The second kappa shape index (κ2) is 5.96. The largest absolute Gasteiger partial charge is 0.493 e. The van der Waals surface area contributed by atoms with Gasteiger partial charge < -0.3 is 10.1 Å². The van der Waals surface area contributed by atoms with E-state index in [1.165, 1.54) is 5.56 Å². The van der Waals surface area contributed by atoms with Gasteiger partial charge in [0.05, 0.1) is 6.61 Å². The highest BCUT2D eigenvalue weighted by Crippen LogP contribution is 2.34. The van der Waals surface area contributed by atoms with Crippen LogP contribution < -0.4 is 10.1 Å². The number of anilines is 1. The Morgan fingerprint density at radius 2 is 2.05 bits per heavy atom. The minimum atomic E-state index is 0.679. The van der Waals surface area contributed by atoms with E-state index in [-0.39, 0.29) is 0 Å². The molecule has 0 saturated carbocycles. The van der Waals surface area contributed by atoms with Crippen molar-refractivity contribution < 1.29 is 4.74 Å². The highest BCUT2D eigenvalue weighted by molar-refractivity contribution is 9.11. The Labute approximate surface area is 139 Å². The van der Waals surface area contributed by atoms with Crippen molar-refractivity contribution >= 4 is 49.1 Å². The van der Waals surface area contributed by atoms with Crippen LogP contribution in [0, 0.1) is 0 Å². The topological polar surface area (TPSA) is 21.3 Å². The maximum atomic E-state index is 6.17. The average Bonchev–Trinajstić information content (AvgIpc) is 2.87. The fourth-order valence-corrected chi connectivity index (χ4v) is 3.31. The Kier molecular flexibility index (Phi) is 4.24. The molecule has 0 saturated heterocycles. The van der Waals surface area contributed by atoms with Gasteiger partial charge in [-0.3, -0.25) is 0 Å². The molecule has 2 nitrogen and oxygen atoms in total. The molecular weight excluding hydrogens is 405 g/mol. The number of benzene rings is 2. The van der Waals surface area contributed by atoms with Crippen LogP contribution in [0.5, 0.6) is 5.75 Å². The summed E-state index contributed by atoms with van der Waals surface area (Å²) in [6, 6.07) is 9.99. The van der Waals surface area contributed by atoms with Crippen LogP contribution in [0.25, 0.3) is 0 Å². The summed E-state index contributed by atoms with van der Waals surface area (Å²) in [5.74, 6) is 0.980. The summed E-state index contributed by atoms with van der Waals surface area (Å²) in [7, 11) is 0. The van der Waals surface area contributed by atoms with E-state index in [4.69, 9.17) is 16.3 Å². The molecule has 2 aromatic rings. The quantitative estimate of drug-likeness (QED) is 0.721. The maximum Gasteiger partial charge on any atom is 0.127 e. The lowest BCUT2D eigenvalue weighted by atomic mass is 10.1. The second-order valence-electron chi connectivity index (χ2n) is 4.63. The maximum absolute atomic E-state index is 6.17. The van der Waals surface area contributed by atoms with Crippen LogP contribution in [0.4, 0.5) is 5.69 Å². The van der Waals surface area contributed by atoms with Gasteiger partial charge >= 0.3 is 0 Å². The van der Waals surface area contributed by atoms with Crippen molar-refractivity contribution in [3.8, 4) is 5.75 Å². The zero-order valence-electron chi connectivity index (χ0n) is 10.6. The van der Waals surface area contributed by atoms with Crippen molar-refractivity contribution in [2.24, 2.45) is 0 Å². The summed E-state index contributed by atoms with van der Waals surface area (Å²) >= 11 is 13.2. The molecule has 0 bridgehead atoms. The number of ether oxygens (including phenoxy) is 1. The molecule has 104 valence electrons. The van der Waals surface area contributed by atoms with Gasteiger partial charge in [-0.2, -0.15) is 0 Å². The molecule has 2 aromatic carbocycles. The molecule has 1 aliphatic heterocycles. The monoisotopic (exact) mass is 415 g/mol. The van der Waals surface area contributed by atoms with Crippen LogP contribution >= 0.6 is 43.5 Å². The summed E-state index contributed by atoms with van der Waals surface area (Å²) in [4.78, 5) is 0. The third kappa shape index (κ3) is 2.97. The van der Waals surface area contributed by atoms with Gasteiger partial charge in [-0.15, -0.1) is 0 Å². The van der Waals surface area contributed by atoms with Crippen molar-refractivity contribution in [3.63, 3.8) is 0 Å². The Morgan fingerprint density at radius 1 is 1.20 bits per heavy atom. The number of rotatable bonds is 3. The second-order valence-corrected chi connectivity index (χ2v) is 6.84. The SMILES string of the molecule is Clc1cc2c(c(CNc3cc(Br)ccc3Br)c1)OCC2. The highest BCUT2D eigenvalue weighted by atomic mass is 79.9. The van der Waals surface area contributed by atoms with Crippen LogP contribution in [0.2, 0.25) is 5.02 Å². The highest BCUT2D eigenvalue weighted by Gasteiger charge is 2.17. The molecule has 3 rings (SSSR count). The minimum absolute atomic E-state index is 0.679. The third-order valence-corrected chi connectivity index (χ3v) is 4.63. The fourth-order valence-electron chi connectivity index (χ4n) is 2.30. The van der Waals surface area contributed by atoms with Gasteiger partial charge in [0.2, 0.25) is 0 Å². The predicted molar refractivity (Wildman–Crippen MR) is 89.8 cm³/mol. The smallest absolute Gasteiger partial charge is 0.127 e. The molecule has 20 heavy (non-hydrogen) atoms. The van der Waals surface area contributed by atoms with Crippen molar-refractivity contribution in [1.29, 1.82) is 0 Å². The molecule has 0 spiro atoms. The normalized spacial score (nSPS) is 12.9. The number of hydrogen-bond donors (Lipinski definition) is 1. The van der Waals surface area contributed by atoms with E-state index in [1.54, 1.807) is 0 Å². The summed E-state index contributed by atoms with van der Waals surface area (Å²) in [6.45, 7) is 1.42. The average molecular weight is 418 g/mol. The molecule has 5 heteroatoms. The van der Waals surface area contributed by atoms with Crippen LogP contribution in [0.15, 0.2) is 39.3 Å². The predicted octanol–water partition coefficient (Wildman–Crippen LogP) is 5.41. The standard InChI is InChI=1S/C15H12Br2ClNO/c16-11-1-2-13(17)14(7-11)19-8-10-6-12(18)5-9-3-4-20-15(9)10/h1-2,5-7,19H,3-4,8H2. The van der Waals surface area contributed by atoms with Crippen LogP contribution in [-0.2, 0) is 13.0 Å². The summed E-state index contributed by atoms with van der Waals surface area (Å²) in [5, 5.41) is 4.17. The summed E-state index contributed by atoms with van der Waals surface area (Å²) in [6.07, 6.45) is 0.934. The van der Waals surface area contributed by atoms with E-state index in [2.05, 4.69) is 37.2 Å². The molecule has 1 heterocycles. The first-order valence-electron chi connectivity index (χ1n) is 6.26. The van der Waals surface area contributed by atoms with Crippen LogP contribution in [0.3, 0.4) is 0 Å². The Balaban J connectivity index is 1.84. The van der Waals surface area contributed by atoms with Gasteiger partial charge in [-0.1, -0.05) is 27.5 Å². The van der Waals surface area contributed by atoms with E-state index in [9.17, 15) is 0 Å². The number of fused-ring (bicyclic) bond motifs is 1. The van der Waals surface area contributed by atoms with E-state index < -0.39 is 0 Å². The molecule has 1 N–H and O–H groups in total. The number of halogens is 3. The zero-order chi connectivity index (χ0) is 14.1. The van der Waals surface area contributed by atoms with Gasteiger partial charge in [0.25, 0.3) is 0 Å². The van der Waals surface area contributed by atoms with Gasteiger partial charge in [0.1, 0.15) is 5.75 Å². The van der Waals surface area contributed by atoms with E-state index >= 15 is 0 Å². The summed E-state index contributed by atoms with van der Waals surface area (Å²) in [5.41, 5.74) is 3.32. The molecule has 0 atom stereocenters. The van der Waals surface area contributed by atoms with Gasteiger partial charge in [0, 0.05) is 38.2 Å². The van der Waals surface area contributed by atoms with Crippen molar-refractivity contribution in [2.75, 3.05) is 11.9 Å². The Bertz CT molecular complexity index is 661. The summed E-state index contributed by atoms with van der Waals surface area (Å²) < 4.78 is 7.77. The lowest BCUT2D eigenvalue weighted by Gasteiger charge is -2.12. The van der Waals surface area contributed by atoms with Crippen LogP contribution in [-0.4, -0.2) is 6.61 Å². The Hall–Kier alpha value is -0.710. The first kappa shape index (κ1) is 14.2. The molecule has 0 fully saturated rings. The Morgan fingerprint density at radius 3 is 2.90 bits per heavy atom. The van der Waals surface area contributed by atoms with E-state index in [1.807, 2.05) is 30.3 Å². The minimum Gasteiger partial charge on any atom is -0.493 e. The molecule has 0 radical (unpaired) electrons. The van der Waals surface area contributed by atoms with Crippen molar-refractivity contribution in [1.82, 2.24) is 0 Å². The van der Waals surface area contributed by atoms with E-state index in [0.29, 0.717) is 6.54 Å². The first-order chi connectivity index (χ1) is 9.63. The molecule has 0 aromatic heterocycles. The third-order valence-electron chi connectivity index (χ3n) is 3.22. The molecule has 0 amide bonds. The van der Waals surface area contributed by atoms with E-state index in [0.717, 1.165) is 44.0 Å². The lowest BCUT2D eigenvalue weighted by molar-refractivity contribution is 0.354. The van der Waals surface area contributed by atoms with Crippen molar-refractivity contribution in [3.05, 3.63) is 55.4 Å². The van der Waals surface area contributed by atoms with Crippen LogP contribution in [0.1, 0.15) is 11.1 Å². The molecule has 0 unspecified atom stereocenters.